The van der Waals surface area contributed by atoms with Crippen molar-refractivity contribution in [3.8, 4) is 0 Å². The van der Waals surface area contributed by atoms with Crippen molar-refractivity contribution in [2.75, 3.05) is 25.9 Å². The lowest BCUT2D eigenvalue weighted by Crippen LogP contribution is -2.53. The second-order valence-electron chi connectivity index (χ2n) is 7.35. The van der Waals surface area contributed by atoms with Gasteiger partial charge in [0.2, 0.25) is 0 Å². The van der Waals surface area contributed by atoms with Crippen LogP contribution in [0.5, 0.6) is 0 Å². The summed E-state index contributed by atoms with van der Waals surface area (Å²) in [6, 6.07) is 1.74. The van der Waals surface area contributed by atoms with E-state index in [1.807, 2.05) is 34.0 Å². The molecule has 0 atom stereocenters. The fourth-order valence-electron chi connectivity index (χ4n) is 2.73. The highest BCUT2D eigenvalue weighted by molar-refractivity contribution is 7.98. The van der Waals surface area contributed by atoms with Crippen molar-refractivity contribution in [1.29, 1.82) is 0 Å². The second-order valence-corrected chi connectivity index (χ2v) is 8.12. The third-order valence-electron chi connectivity index (χ3n) is 4.08. The molecule has 1 N–H and O–H groups in total. The van der Waals surface area contributed by atoms with E-state index >= 15 is 0 Å². The predicted molar refractivity (Wildman–Crippen MR) is 104 cm³/mol. The molecular weight excluding hydrogens is 366 g/mol. The first-order valence-electron chi connectivity index (χ1n) is 9.16. The summed E-state index contributed by atoms with van der Waals surface area (Å²) in [5.41, 5.74) is 3.16. The molecule has 2 rings (SSSR count). The standard InChI is InChI=1S/C18H29N5O3S/c1-6-23(15(24)14-7-10-19-16(20-14)27-5)21-13-8-11-22(12-9-13)17(25)26-18(2,3)4/h7,10,13,21H,6,8-9,11-12H2,1-5H3. The second kappa shape index (κ2) is 9.36. The van der Waals surface area contributed by atoms with Crippen molar-refractivity contribution in [3.05, 3.63) is 18.0 Å². The summed E-state index contributed by atoms with van der Waals surface area (Å²) in [6.07, 6.45) is 4.69. The number of carbonyl (C=O) groups is 2. The maximum Gasteiger partial charge on any atom is 0.410 e. The van der Waals surface area contributed by atoms with Crippen LogP contribution in [0, 0.1) is 0 Å². The van der Waals surface area contributed by atoms with E-state index in [-0.39, 0.29) is 18.0 Å². The number of piperidine rings is 1. The minimum atomic E-state index is -0.495. The molecule has 2 amide bonds. The van der Waals surface area contributed by atoms with Crippen molar-refractivity contribution in [3.63, 3.8) is 0 Å². The third kappa shape index (κ3) is 6.35. The molecule has 0 unspecified atom stereocenters. The Hall–Kier alpha value is -1.87. The van der Waals surface area contributed by atoms with Gasteiger partial charge in [-0.3, -0.25) is 9.80 Å². The molecule has 27 heavy (non-hydrogen) atoms. The molecule has 0 aliphatic carbocycles. The van der Waals surface area contributed by atoms with Gasteiger partial charge in [-0.25, -0.2) is 20.2 Å². The quantitative estimate of drug-likeness (QED) is 0.466. The molecule has 0 radical (unpaired) electrons. The van der Waals surface area contributed by atoms with Crippen LogP contribution in [0.1, 0.15) is 51.0 Å². The Balaban J connectivity index is 1.90. The molecular formula is C18H29N5O3S. The van der Waals surface area contributed by atoms with Gasteiger partial charge in [0, 0.05) is 31.9 Å². The summed E-state index contributed by atoms with van der Waals surface area (Å²) < 4.78 is 5.42. The number of hydrogen-bond donors (Lipinski definition) is 1. The van der Waals surface area contributed by atoms with Crippen LogP contribution in [-0.4, -0.2) is 69.4 Å². The first kappa shape index (κ1) is 21.4. The summed E-state index contributed by atoms with van der Waals surface area (Å²) >= 11 is 1.40. The zero-order valence-corrected chi connectivity index (χ0v) is 17.5. The highest BCUT2D eigenvalue weighted by atomic mass is 32.2. The number of rotatable bonds is 5. The lowest BCUT2D eigenvalue weighted by molar-refractivity contribution is 0.0164. The fraction of sp³-hybridized carbons (Fsp3) is 0.667. The van der Waals surface area contributed by atoms with E-state index in [0.717, 1.165) is 12.8 Å². The number of thioether (sulfide) groups is 1. The maximum atomic E-state index is 12.7. The number of aromatic nitrogens is 2. The zero-order valence-electron chi connectivity index (χ0n) is 16.7. The third-order valence-corrected chi connectivity index (χ3v) is 4.64. The average Bonchev–Trinajstić information content (AvgIpc) is 2.64. The predicted octanol–water partition coefficient (Wildman–Crippen LogP) is 2.56. The monoisotopic (exact) mass is 395 g/mol. The normalized spacial score (nSPS) is 15.5. The van der Waals surface area contributed by atoms with Gasteiger partial charge in [-0.15, -0.1) is 0 Å². The van der Waals surface area contributed by atoms with E-state index < -0.39 is 5.60 Å². The van der Waals surface area contributed by atoms with Crippen molar-refractivity contribution >= 4 is 23.8 Å². The van der Waals surface area contributed by atoms with Gasteiger partial charge in [0.15, 0.2) is 5.16 Å². The van der Waals surface area contributed by atoms with Crippen LogP contribution in [0.3, 0.4) is 0 Å². The molecule has 0 bridgehead atoms. The first-order valence-corrected chi connectivity index (χ1v) is 10.4. The number of nitrogens with zero attached hydrogens (tertiary/aromatic N) is 4. The molecule has 0 saturated carbocycles. The Kier molecular flexibility index (Phi) is 7.43. The average molecular weight is 396 g/mol. The van der Waals surface area contributed by atoms with E-state index in [2.05, 4.69) is 15.4 Å². The summed E-state index contributed by atoms with van der Waals surface area (Å²) in [4.78, 5) is 35.0. The molecule has 1 aromatic rings. The van der Waals surface area contributed by atoms with Crippen LogP contribution in [-0.2, 0) is 4.74 Å². The van der Waals surface area contributed by atoms with E-state index in [1.165, 1.54) is 11.8 Å². The van der Waals surface area contributed by atoms with Gasteiger partial charge in [-0.05, 0) is 52.9 Å². The minimum Gasteiger partial charge on any atom is -0.444 e. The van der Waals surface area contributed by atoms with Crippen LogP contribution >= 0.6 is 11.8 Å². The van der Waals surface area contributed by atoms with Crippen molar-refractivity contribution < 1.29 is 14.3 Å². The molecule has 1 aliphatic heterocycles. The molecule has 8 nitrogen and oxygen atoms in total. The van der Waals surface area contributed by atoms with Gasteiger partial charge in [0.05, 0.1) is 0 Å². The smallest absolute Gasteiger partial charge is 0.410 e. The molecule has 2 heterocycles. The Morgan fingerprint density at radius 1 is 1.37 bits per heavy atom. The number of hydrogen-bond acceptors (Lipinski definition) is 7. The van der Waals surface area contributed by atoms with Gasteiger partial charge in [0.1, 0.15) is 11.3 Å². The van der Waals surface area contributed by atoms with E-state index in [9.17, 15) is 9.59 Å². The number of ether oxygens (including phenoxy) is 1. The molecule has 9 heteroatoms. The summed E-state index contributed by atoms with van der Waals surface area (Å²) in [5.74, 6) is -0.176. The minimum absolute atomic E-state index is 0.120. The summed E-state index contributed by atoms with van der Waals surface area (Å²) in [7, 11) is 0. The first-order chi connectivity index (χ1) is 12.7. The maximum absolute atomic E-state index is 12.7. The lowest BCUT2D eigenvalue weighted by atomic mass is 10.1. The molecule has 0 spiro atoms. The molecule has 0 aromatic carbocycles. The van der Waals surface area contributed by atoms with E-state index in [0.29, 0.717) is 30.5 Å². The van der Waals surface area contributed by atoms with E-state index in [1.54, 1.807) is 22.2 Å². The highest BCUT2D eigenvalue weighted by Gasteiger charge is 2.28. The van der Waals surface area contributed by atoms with Crippen LogP contribution in [0.4, 0.5) is 4.79 Å². The van der Waals surface area contributed by atoms with Crippen LogP contribution < -0.4 is 5.43 Å². The number of carbonyl (C=O) groups excluding carboxylic acids is 2. The van der Waals surface area contributed by atoms with Crippen molar-refractivity contribution in [2.45, 2.75) is 57.3 Å². The van der Waals surface area contributed by atoms with Crippen molar-refractivity contribution in [2.24, 2.45) is 0 Å². The van der Waals surface area contributed by atoms with Gasteiger partial charge in [-0.2, -0.15) is 0 Å². The van der Waals surface area contributed by atoms with Crippen LogP contribution in [0.15, 0.2) is 17.4 Å². The van der Waals surface area contributed by atoms with Gasteiger partial charge >= 0.3 is 6.09 Å². The topological polar surface area (TPSA) is 87.7 Å². The van der Waals surface area contributed by atoms with Gasteiger partial charge in [0.25, 0.3) is 5.91 Å². The molecule has 1 aromatic heterocycles. The fourth-order valence-corrected chi connectivity index (χ4v) is 3.08. The molecule has 1 saturated heterocycles. The lowest BCUT2D eigenvalue weighted by Gasteiger charge is -2.36. The number of amides is 2. The Bertz CT molecular complexity index is 657. The molecule has 1 fully saturated rings. The number of nitrogens with one attached hydrogen (secondary N) is 1. The van der Waals surface area contributed by atoms with Gasteiger partial charge in [-0.1, -0.05) is 11.8 Å². The largest absolute Gasteiger partial charge is 0.444 e. The van der Waals surface area contributed by atoms with E-state index in [4.69, 9.17) is 4.74 Å². The summed E-state index contributed by atoms with van der Waals surface area (Å²) in [6.45, 7) is 9.21. The Morgan fingerprint density at radius 3 is 2.59 bits per heavy atom. The Morgan fingerprint density at radius 2 is 2.04 bits per heavy atom. The SMILES string of the molecule is CCN(NC1CCN(C(=O)OC(C)(C)C)CC1)C(=O)c1ccnc(SC)n1. The highest BCUT2D eigenvalue weighted by Crippen LogP contribution is 2.16. The van der Waals surface area contributed by atoms with Gasteiger partial charge < -0.3 is 9.64 Å². The zero-order chi connectivity index (χ0) is 20.0. The van der Waals surface area contributed by atoms with Crippen molar-refractivity contribution in [1.82, 2.24) is 25.3 Å². The Labute approximate surface area is 165 Å². The van der Waals surface area contributed by atoms with Crippen LogP contribution in [0.2, 0.25) is 0 Å². The number of likely N-dealkylation sites (tertiary alicyclic amines) is 1. The van der Waals surface area contributed by atoms with Crippen LogP contribution in [0.25, 0.3) is 0 Å². The summed E-state index contributed by atoms with van der Waals surface area (Å²) in [5, 5.41) is 2.16. The molecule has 150 valence electrons. The number of hydrazine groups is 1. The molecule has 1 aliphatic rings.